The van der Waals surface area contributed by atoms with Gasteiger partial charge in [0.1, 0.15) is 17.2 Å². The van der Waals surface area contributed by atoms with Crippen LogP contribution < -0.4 is 10.5 Å². The maximum Gasteiger partial charge on any atom is 0.149 e. The molecular formula is C10H15N3O. The second kappa shape index (κ2) is 3.65. The number of pyridine rings is 1. The molecule has 0 aliphatic heterocycles. The summed E-state index contributed by atoms with van der Waals surface area (Å²) in [4.78, 5) is 3.93. The molecule has 1 aromatic heterocycles. The molecule has 1 rings (SSSR count). The Labute approximate surface area is 83.6 Å². The highest BCUT2D eigenvalue weighted by Gasteiger charge is 2.15. The molecule has 0 atom stereocenters. The zero-order valence-electron chi connectivity index (χ0n) is 8.66. The first-order chi connectivity index (χ1) is 6.40. The van der Waals surface area contributed by atoms with E-state index in [9.17, 15) is 0 Å². The lowest BCUT2D eigenvalue weighted by atomic mass is 10.1. The van der Waals surface area contributed by atoms with Gasteiger partial charge in [-0.1, -0.05) is 0 Å². The Hall–Kier alpha value is -1.58. The SMILES string of the molecule is CC(C)(C)Oc1cnccc1C(=N)N. The summed E-state index contributed by atoms with van der Waals surface area (Å²) in [5.41, 5.74) is 5.68. The molecule has 0 bridgehead atoms. The molecule has 4 nitrogen and oxygen atoms in total. The van der Waals surface area contributed by atoms with Gasteiger partial charge in [0.05, 0.1) is 11.8 Å². The summed E-state index contributed by atoms with van der Waals surface area (Å²) >= 11 is 0. The van der Waals surface area contributed by atoms with E-state index in [2.05, 4.69) is 4.98 Å². The van der Waals surface area contributed by atoms with Gasteiger partial charge in [-0.05, 0) is 26.8 Å². The Morgan fingerprint density at radius 1 is 1.50 bits per heavy atom. The van der Waals surface area contributed by atoms with Crippen molar-refractivity contribution in [1.29, 1.82) is 5.41 Å². The third-order valence-corrected chi connectivity index (χ3v) is 1.49. The highest BCUT2D eigenvalue weighted by Crippen LogP contribution is 2.21. The van der Waals surface area contributed by atoms with Crippen molar-refractivity contribution in [3.8, 4) is 5.75 Å². The van der Waals surface area contributed by atoms with E-state index >= 15 is 0 Å². The number of hydrogen-bond acceptors (Lipinski definition) is 3. The van der Waals surface area contributed by atoms with Crippen molar-refractivity contribution in [2.45, 2.75) is 26.4 Å². The van der Waals surface area contributed by atoms with Crippen molar-refractivity contribution in [3.63, 3.8) is 0 Å². The Kier molecular flexibility index (Phi) is 2.74. The second-order valence-electron chi connectivity index (χ2n) is 4.00. The first-order valence-electron chi connectivity index (χ1n) is 4.37. The predicted molar refractivity (Wildman–Crippen MR) is 55.6 cm³/mol. The molecule has 4 heteroatoms. The minimum absolute atomic E-state index is 0.00773. The van der Waals surface area contributed by atoms with Crippen LogP contribution in [0.5, 0.6) is 5.75 Å². The van der Waals surface area contributed by atoms with E-state index in [1.807, 2.05) is 20.8 Å². The molecular weight excluding hydrogens is 178 g/mol. The van der Waals surface area contributed by atoms with Crippen molar-refractivity contribution in [2.75, 3.05) is 0 Å². The average molecular weight is 193 g/mol. The van der Waals surface area contributed by atoms with E-state index in [-0.39, 0.29) is 11.4 Å². The van der Waals surface area contributed by atoms with Gasteiger partial charge in [0.15, 0.2) is 0 Å². The molecule has 3 N–H and O–H groups in total. The number of nitrogens with one attached hydrogen (secondary N) is 1. The van der Waals surface area contributed by atoms with Gasteiger partial charge in [-0.15, -0.1) is 0 Å². The fourth-order valence-electron chi connectivity index (χ4n) is 1.01. The minimum atomic E-state index is -0.312. The molecule has 0 aromatic carbocycles. The number of nitrogens with two attached hydrogens (primary N) is 1. The number of ether oxygens (including phenoxy) is 1. The van der Waals surface area contributed by atoms with Gasteiger partial charge in [0, 0.05) is 6.20 Å². The molecule has 0 aliphatic carbocycles. The number of aromatic nitrogens is 1. The Bertz CT molecular complexity index is 341. The summed E-state index contributed by atoms with van der Waals surface area (Å²) < 4.78 is 5.61. The lowest BCUT2D eigenvalue weighted by Crippen LogP contribution is -2.25. The molecule has 0 fully saturated rings. The van der Waals surface area contributed by atoms with Crippen LogP contribution in [0.4, 0.5) is 0 Å². The maximum absolute atomic E-state index is 7.35. The highest BCUT2D eigenvalue weighted by molar-refractivity contribution is 5.97. The molecule has 0 aliphatic rings. The molecule has 0 spiro atoms. The van der Waals surface area contributed by atoms with Crippen molar-refractivity contribution in [2.24, 2.45) is 5.73 Å². The first kappa shape index (κ1) is 10.5. The van der Waals surface area contributed by atoms with Gasteiger partial charge < -0.3 is 10.5 Å². The molecule has 0 radical (unpaired) electrons. The van der Waals surface area contributed by atoms with Crippen molar-refractivity contribution >= 4 is 5.84 Å². The predicted octanol–water partition coefficient (Wildman–Crippen LogP) is 1.54. The highest BCUT2D eigenvalue weighted by atomic mass is 16.5. The quantitative estimate of drug-likeness (QED) is 0.552. The molecule has 1 aromatic rings. The van der Waals surface area contributed by atoms with E-state index in [4.69, 9.17) is 15.9 Å². The summed E-state index contributed by atoms with van der Waals surface area (Å²) in [5, 5.41) is 7.35. The number of hydrogen-bond donors (Lipinski definition) is 2. The van der Waals surface area contributed by atoms with Crippen LogP contribution in [0, 0.1) is 5.41 Å². The first-order valence-corrected chi connectivity index (χ1v) is 4.37. The monoisotopic (exact) mass is 193 g/mol. The van der Waals surface area contributed by atoms with Crippen molar-refractivity contribution in [3.05, 3.63) is 24.0 Å². The number of rotatable bonds is 2. The van der Waals surface area contributed by atoms with Crippen LogP contribution in [0.15, 0.2) is 18.5 Å². The lowest BCUT2D eigenvalue weighted by molar-refractivity contribution is 0.130. The molecule has 0 unspecified atom stereocenters. The maximum atomic E-state index is 7.35. The van der Waals surface area contributed by atoms with Gasteiger partial charge in [-0.25, -0.2) is 0 Å². The number of nitrogens with zero attached hydrogens (tertiary/aromatic N) is 1. The standard InChI is InChI=1S/C10H15N3O/c1-10(2,3)14-8-6-13-5-4-7(8)9(11)12/h4-6H,1-3H3,(H3,11,12). The van der Waals surface area contributed by atoms with Crippen LogP contribution in [-0.4, -0.2) is 16.4 Å². The fraction of sp³-hybridized carbons (Fsp3) is 0.400. The Morgan fingerprint density at radius 2 is 2.14 bits per heavy atom. The van der Waals surface area contributed by atoms with Gasteiger partial charge in [-0.2, -0.15) is 0 Å². The smallest absolute Gasteiger partial charge is 0.149 e. The van der Waals surface area contributed by atoms with Crippen LogP contribution in [-0.2, 0) is 0 Å². The lowest BCUT2D eigenvalue weighted by Gasteiger charge is -2.22. The fourth-order valence-corrected chi connectivity index (χ4v) is 1.01. The van der Waals surface area contributed by atoms with Gasteiger partial charge in [0.2, 0.25) is 0 Å². The van der Waals surface area contributed by atoms with Crippen molar-refractivity contribution in [1.82, 2.24) is 4.98 Å². The third kappa shape index (κ3) is 2.73. The number of amidine groups is 1. The number of nitrogen functional groups attached to an aromatic ring is 1. The van der Waals surface area contributed by atoms with E-state index in [0.717, 1.165) is 0 Å². The topological polar surface area (TPSA) is 72.0 Å². The Balaban J connectivity index is 3.02. The summed E-state index contributed by atoms with van der Waals surface area (Å²) in [6.07, 6.45) is 3.16. The molecule has 0 amide bonds. The zero-order chi connectivity index (χ0) is 10.8. The average Bonchev–Trinajstić information content (AvgIpc) is 2.01. The summed E-state index contributed by atoms with van der Waals surface area (Å²) in [6, 6.07) is 1.67. The Morgan fingerprint density at radius 3 is 2.64 bits per heavy atom. The molecule has 1 heterocycles. The third-order valence-electron chi connectivity index (χ3n) is 1.49. The van der Waals surface area contributed by atoms with Gasteiger partial charge >= 0.3 is 0 Å². The van der Waals surface area contributed by atoms with E-state index in [1.165, 1.54) is 0 Å². The summed E-state index contributed by atoms with van der Waals surface area (Å²) in [6.45, 7) is 5.80. The van der Waals surface area contributed by atoms with Crippen LogP contribution in [0.25, 0.3) is 0 Å². The molecule has 76 valence electrons. The minimum Gasteiger partial charge on any atom is -0.486 e. The molecule has 0 saturated carbocycles. The summed E-state index contributed by atoms with van der Waals surface area (Å²) in [5.74, 6) is 0.541. The van der Waals surface area contributed by atoms with Gasteiger partial charge in [-0.3, -0.25) is 10.4 Å². The van der Waals surface area contributed by atoms with Crippen LogP contribution in [0.1, 0.15) is 26.3 Å². The largest absolute Gasteiger partial charge is 0.486 e. The summed E-state index contributed by atoms with van der Waals surface area (Å²) in [7, 11) is 0. The van der Waals surface area contributed by atoms with Gasteiger partial charge in [0.25, 0.3) is 0 Å². The van der Waals surface area contributed by atoms with Crippen LogP contribution in [0.2, 0.25) is 0 Å². The van der Waals surface area contributed by atoms with E-state index in [0.29, 0.717) is 11.3 Å². The van der Waals surface area contributed by atoms with Crippen LogP contribution >= 0.6 is 0 Å². The van der Waals surface area contributed by atoms with Crippen molar-refractivity contribution < 1.29 is 4.74 Å². The van der Waals surface area contributed by atoms with Crippen LogP contribution in [0.3, 0.4) is 0 Å². The molecule has 0 saturated heterocycles. The van der Waals surface area contributed by atoms with E-state index < -0.39 is 0 Å². The van der Waals surface area contributed by atoms with E-state index in [1.54, 1.807) is 18.5 Å². The molecule has 14 heavy (non-hydrogen) atoms. The zero-order valence-corrected chi connectivity index (χ0v) is 8.66. The second-order valence-corrected chi connectivity index (χ2v) is 4.00. The normalized spacial score (nSPS) is 11.1.